The van der Waals surface area contributed by atoms with Crippen LogP contribution in [0.15, 0.2) is 18.6 Å². The Bertz CT molecular complexity index is 248. The van der Waals surface area contributed by atoms with E-state index in [1.807, 2.05) is 0 Å². The number of rotatable bonds is 5. The summed E-state index contributed by atoms with van der Waals surface area (Å²) in [7, 11) is 4.16. The van der Waals surface area contributed by atoms with Gasteiger partial charge in [-0.15, -0.1) is 0 Å². The van der Waals surface area contributed by atoms with Crippen LogP contribution in [0.5, 0.6) is 0 Å². The van der Waals surface area contributed by atoms with Crippen molar-refractivity contribution in [3.63, 3.8) is 0 Å². The first-order valence-electron chi connectivity index (χ1n) is 4.86. The van der Waals surface area contributed by atoms with Gasteiger partial charge in [-0.25, -0.2) is 4.98 Å². The van der Waals surface area contributed by atoms with Crippen LogP contribution < -0.4 is 5.32 Å². The van der Waals surface area contributed by atoms with E-state index in [2.05, 4.69) is 41.2 Å². The Labute approximate surface area is 85.4 Å². The van der Waals surface area contributed by atoms with Gasteiger partial charge in [-0.3, -0.25) is 4.98 Å². The molecule has 1 atom stereocenters. The lowest BCUT2D eigenvalue weighted by Crippen LogP contribution is -2.23. The minimum absolute atomic E-state index is 0.425. The van der Waals surface area contributed by atoms with Crippen molar-refractivity contribution in [3.8, 4) is 0 Å². The smallest absolute Gasteiger partial charge is 0.144 e. The molecule has 0 aliphatic rings. The van der Waals surface area contributed by atoms with Crippen molar-refractivity contribution in [1.29, 1.82) is 0 Å². The van der Waals surface area contributed by atoms with E-state index in [-0.39, 0.29) is 0 Å². The van der Waals surface area contributed by atoms with Crippen LogP contribution >= 0.6 is 0 Å². The third-order valence-corrected chi connectivity index (χ3v) is 1.97. The zero-order valence-corrected chi connectivity index (χ0v) is 9.07. The van der Waals surface area contributed by atoms with Gasteiger partial charge >= 0.3 is 0 Å². The fourth-order valence-electron chi connectivity index (χ4n) is 1.15. The summed E-state index contributed by atoms with van der Waals surface area (Å²) in [6, 6.07) is 0.425. The van der Waals surface area contributed by atoms with Crippen molar-refractivity contribution >= 4 is 5.82 Å². The molecule has 0 fully saturated rings. The molecule has 0 saturated heterocycles. The number of anilines is 1. The van der Waals surface area contributed by atoms with E-state index < -0.39 is 0 Å². The van der Waals surface area contributed by atoms with Gasteiger partial charge in [-0.1, -0.05) is 0 Å². The summed E-state index contributed by atoms with van der Waals surface area (Å²) in [6.07, 6.45) is 6.21. The minimum Gasteiger partial charge on any atom is -0.366 e. The van der Waals surface area contributed by atoms with Crippen molar-refractivity contribution in [2.24, 2.45) is 0 Å². The van der Waals surface area contributed by atoms with Crippen molar-refractivity contribution in [2.75, 3.05) is 26.0 Å². The molecule has 0 aliphatic carbocycles. The van der Waals surface area contributed by atoms with E-state index in [1.165, 1.54) is 0 Å². The molecule has 0 aliphatic heterocycles. The highest BCUT2D eigenvalue weighted by molar-refractivity contribution is 5.30. The Morgan fingerprint density at radius 1 is 1.43 bits per heavy atom. The minimum atomic E-state index is 0.425. The third-order valence-electron chi connectivity index (χ3n) is 1.97. The first-order chi connectivity index (χ1) is 6.68. The number of hydrogen-bond acceptors (Lipinski definition) is 4. The normalized spacial score (nSPS) is 12.9. The highest BCUT2D eigenvalue weighted by Gasteiger charge is 2.02. The predicted molar refractivity (Wildman–Crippen MR) is 58.3 cm³/mol. The van der Waals surface area contributed by atoms with Gasteiger partial charge in [0, 0.05) is 18.4 Å². The van der Waals surface area contributed by atoms with Gasteiger partial charge in [-0.2, -0.15) is 0 Å². The molecular formula is C10H18N4. The van der Waals surface area contributed by atoms with Crippen LogP contribution in [0.1, 0.15) is 13.3 Å². The molecule has 1 aromatic heterocycles. The van der Waals surface area contributed by atoms with Crippen LogP contribution in [-0.2, 0) is 0 Å². The Balaban J connectivity index is 2.30. The summed E-state index contributed by atoms with van der Waals surface area (Å²) < 4.78 is 0. The Kier molecular flexibility index (Phi) is 4.32. The zero-order valence-electron chi connectivity index (χ0n) is 9.07. The van der Waals surface area contributed by atoms with E-state index in [9.17, 15) is 0 Å². The number of aromatic nitrogens is 2. The topological polar surface area (TPSA) is 41.0 Å². The second-order valence-corrected chi connectivity index (χ2v) is 3.73. The monoisotopic (exact) mass is 194 g/mol. The molecule has 4 nitrogen and oxygen atoms in total. The highest BCUT2D eigenvalue weighted by atomic mass is 15.1. The average Bonchev–Trinajstić information content (AvgIpc) is 2.16. The Hall–Kier alpha value is -1.16. The van der Waals surface area contributed by atoms with Crippen LogP contribution in [0.2, 0.25) is 0 Å². The molecule has 0 radical (unpaired) electrons. The maximum atomic E-state index is 4.16. The van der Waals surface area contributed by atoms with Gasteiger partial charge in [0.2, 0.25) is 0 Å². The second kappa shape index (κ2) is 5.54. The fourth-order valence-corrected chi connectivity index (χ4v) is 1.15. The molecule has 0 aromatic carbocycles. The van der Waals surface area contributed by atoms with Crippen molar-refractivity contribution in [2.45, 2.75) is 19.4 Å². The second-order valence-electron chi connectivity index (χ2n) is 3.73. The molecule has 1 unspecified atom stereocenters. The molecule has 0 saturated carbocycles. The molecule has 1 heterocycles. The lowest BCUT2D eigenvalue weighted by molar-refractivity contribution is 0.390. The summed E-state index contributed by atoms with van der Waals surface area (Å²) in [5.74, 6) is 0.846. The van der Waals surface area contributed by atoms with Gasteiger partial charge in [0.25, 0.3) is 0 Å². The summed E-state index contributed by atoms with van der Waals surface area (Å²) >= 11 is 0. The number of hydrogen-bond donors (Lipinski definition) is 1. The average molecular weight is 194 g/mol. The third kappa shape index (κ3) is 4.18. The van der Waals surface area contributed by atoms with Gasteiger partial charge in [0.15, 0.2) is 0 Å². The standard InChI is InChI=1S/C10H18N4/c1-9(4-7-14(2)3)13-10-8-11-5-6-12-10/h5-6,8-9H,4,7H2,1-3H3,(H,12,13). The molecule has 78 valence electrons. The van der Waals surface area contributed by atoms with Gasteiger partial charge in [0.05, 0.1) is 6.20 Å². The molecule has 0 amide bonds. The van der Waals surface area contributed by atoms with Crippen LogP contribution in [-0.4, -0.2) is 41.5 Å². The summed E-state index contributed by atoms with van der Waals surface area (Å²) in [4.78, 5) is 10.3. The summed E-state index contributed by atoms with van der Waals surface area (Å²) in [5, 5.41) is 3.30. The highest BCUT2D eigenvalue weighted by Crippen LogP contribution is 2.03. The van der Waals surface area contributed by atoms with Crippen LogP contribution in [0.3, 0.4) is 0 Å². The van der Waals surface area contributed by atoms with Crippen molar-refractivity contribution in [1.82, 2.24) is 14.9 Å². The lowest BCUT2D eigenvalue weighted by atomic mass is 10.2. The van der Waals surface area contributed by atoms with Crippen LogP contribution in [0.4, 0.5) is 5.82 Å². The Morgan fingerprint density at radius 2 is 2.21 bits per heavy atom. The van der Waals surface area contributed by atoms with Crippen molar-refractivity contribution < 1.29 is 0 Å². The maximum absolute atomic E-state index is 4.16. The summed E-state index contributed by atoms with van der Waals surface area (Å²) in [5.41, 5.74) is 0. The van der Waals surface area contributed by atoms with Crippen LogP contribution in [0, 0.1) is 0 Å². The molecule has 14 heavy (non-hydrogen) atoms. The zero-order chi connectivity index (χ0) is 10.4. The van der Waals surface area contributed by atoms with Gasteiger partial charge in [-0.05, 0) is 34.0 Å². The molecular weight excluding hydrogens is 176 g/mol. The SMILES string of the molecule is CC(CCN(C)C)Nc1cnccn1. The lowest BCUT2D eigenvalue weighted by Gasteiger charge is -2.16. The van der Waals surface area contributed by atoms with E-state index in [4.69, 9.17) is 0 Å². The fraction of sp³-hybridized carbons (Fsp3) is 0.600. The van der Waals surface area contributed by atoms with E-state index in [0.29, 0.717) is 6.04 Å². The van der Waals surface area contributed by atoms with Gasteiger partial charge < -0.3 is 10.2 Å². The molecule has 4 heteroatoms. The molecule has 0 bridgehead atoms. The largest absolute Gasteiger partial charge is 0.366 e. The van der Waals surface area contributed by atoms with E-state index in [1.54, 1.807) is 18.6 Å². The first kappa shape index (κ1) is 10.9. The Morgan fingerprint density at radius 3 is 2.79 bits per heavy atom. The van der Waals surface area contributed by atoms with E-state index >= 15 is 0 Å². The molecule has 1 N–H and O–H groups in total. The van der Waals surface area contributed by atoms with E-state index in [0.717, 1.165) is 18.8 Å². The summed E-state index contributed by atoms with van der Waals surface area (Å²) in [6.45, 7) is 3.23. The van der Waals surface area contributed by atoms with Crippen molar-refractivity contribution in [3.05, 3.63) is 18.6 Å². The maximum Gasteiger partial charge on any atom is 0.144 e. The van der Waals surface area contributed by atoms with Gasteiger partial charge in [0.1, 0.15) is 5.82 Å². The molecule has 1 rings (SSSR count). The van der Waals surface area contributed by atoms with Crippen LogP contribution in [0.25, 0.3) is 0 Å². The quantitative estimate of drug-likeness (QED) is 0.765. The number of nitrogens with zero attached hydrogens (tertiary/aromatic N) is 3. The first-order valence-corrected chi connectivity index (χ1v) is 4.86. The molecule has 0 spiro atoms. The predicted octanol–water partition coefficient (Wildman–Crippen LogP) is 1.23. The molecule has 1 aromatic rings. The number of nitrogens with one attached hydrogen (secondary N) is 1.